The highest BCUT2D eigenvalue weighted by molar-refractivity contribution is 7.13. The zero-order chi connectivity index (χ0) is 24.8. The molecule has 2 aromatic rings. The number of nitrogens with zero attached hydrogens (tertiary/aromatic N) is 1. The number of benzene rings is 1. The van der Waals surface area contributed by atoms with E-state index in [1.807, 2.05) is 4.90 Å². The lowest BCUT2D eigenvalue weighted by Crippen LogP contribution is -2.49. The highest BCUT2D eigenvalue weighted by atomic mass is 32.1. The molecule has 2 heterocycles. The molecule has 0 aliphatic carbocycles. The minimum atomic E-state index is -1.50. The second-order valence-corrected chi connectivity index (χ2v) is 8.89. The fraction of sp³-hybridized carbons (Fsp3) is 0.318. The van der Waals surface area contributed by atoms with Crippen molar-refractivity contribution in [3.63, 3.8) is 0 Å². The molecule has 1 aliphatic heterocycles. The standard InChI is InChI=1S/C22H24N4O7S/c23-19(24)12-3-5-13(6-4-12)33-22(32)17-8-7-14(34-17)11-26-9-1-2-16(26)20(29)25-15(21(30)31)10-18(27)28/h3-8,15-16H,1-2,9-11H2,(H3,23,24)(H,25,29)(H,27,28)(H,30,31)/t15?,16-/m0/s1. The van der Waals surface area contributed by atoms with Crippen LogP contribution in [0.1, 0.15) is 39.4 Å². The van der Waals surface area contributed by atoms with Gasteiger partial charge in [-0.1, -0.05) is 0 Å². The number of carbonyl (C=O) groups excluding carboxylic acids is 2. The van der Waals surface area contributed by atoms with Crippen LogP contribution in [0, 0.1) is 5.41 Å². The van der Waals surface area contributed by atoms with E-state index in [1.54, 1.807) is 36.4 Å². The predicted molar refractivity (Wildman–Crippen MR) is 122 cm³/mol. The first-order chi connectivity index (χ1) is 16.1. The average Bonchev–Trinajstić information content (AvgIpc) is 3.43. The maximum atomic E-state index is 12.6. The lowest BCUT2D eigenvalue weighted by molar-refractivity contribution is -0.147. The number of carbonyl (C=O) groups is 4. The third kappa shape index (κ3) is 6.39. The van der Waals surface area contributed by atoms with Crippen LogP contribution in [0.4, 0.5) is 0 Å². The largest absolute Gasteiger partial charge is 0.481 e. The molecule has 180 valence electrons. The quantitative estimate of drug-likeness (QED) is 0.142. The first-order valence-corrected chi connectivity index (χ1v) is 11.2. The number of amides is 1. The molecule has 11 nitrogen and oxygen atoms in total. The van der Waals surface area contributed by atoms with Crippen molar-refractivity contribution in [3.05, 3.63) is 51.7 Å². The number of carboxylic acid groups (broad SMARTS) is 2. The second kappa shape index (κ2) is 10.9. The number of carboxylic acids is 2. The van der Waals surface area contributed by atoms with E-state index in [1.165, 1.54) is 11.3 Å². The van der Waals surface area contributed by atoms with E-state index in [2.05, 4.69) is 5.32 Å². The highest BCUT2D eigenvalue weighted by Crippen LogP contribution is 2.25. The first-order valence-electron chi connectivity index (χ1n) is 10.4. The van der Waals surface area contributed by atoms with E-state index in [0.717, 1.165) is 11.3 Å². The van der Waals surface area contributed by atoms with Crippen molar-refractivity contribution in [2.24, 2.45) is 5.73 Å². The van der Waals surface area contributed by atoms with Gasteiger partial charge in [-0.05, 0) is 55.8 Å². The van der Waals surface area contributed by atoms with Gasteiger partial charge in [-0.2, -0.15) is 0 Å². The maximum absolute atomic E-state index is 12.6. The van der Waals surface area contributed by atoms with Crippen molar-refractivity contribution in [2.75, 3.05) is 6.54 Å². The number of nitrogen functional groups attached to an aromatic ring is 1. The number of hydrogen-bond acceptors (Lipinski definition) is 8. The summed E-state index contributed by atoms with van der Waals surface area (Å²) in [5, 5.41) is 27.7. The minimum absolute atomic E-state index is 0.0879. The molecule has 34 heavy (non-hydrogen) atoms. The number of thiophene rings is 1. The number of aliphatic carboxylic acids is 2. The molecule has 12 heteroatoms. The van der Waals surface area contributed by atoms with Crippen LogP contribution < -0.4 is 15.8 Å². The minimum Gasteiger partial charge on any atom is -0.481 e. The Balaban J connectivity index is 1.60. The van der Waals surface area contributed by atoms with Crippen LogP contribution in [0.25, 0.3) is 0 Å². The Hall–Kier alpha value is -3.77. The molecule has 1 aromatic heterocycles. The zero-order valence-corrected chi connectivity index (χ0v) is 18.8. The van der Waals surface area contributed by atoms with E-state index < -0.39 is 42.3 Å². The number of hydrogen-bond donors (Lipinski definition) is 5. The van der Waals surface area contributed by atoms with Gasteiger partial charge in [-0.3, -0.25) is 19.9 Å². The molecular weight excluding hydrogens is 464 g/mol. The number of likely N-dealkylation sites (tertiary alicyclic amines) is 1. The fourth-order valence-corrected chi connectivity index (χ4v) is 4.50. The van der Waals surface area contributed by atoms with Gasteiger partial charge in [0.25, 0.3) is 0 Å². The molecule has 0 bridgehead atoms. The molecule has 0 radical (unpaired) electrons. The summed E-state index contributed by atoms with van der Waals surface area (Å²) >= 11 is 1.22. The topological polar surface area (TPSA) is 183 Å². The van der Waals surface area contributed by atoms with Crippen LogP contribution in [-0.2, 0) is 20.9 Å². The third-order valence-corrected chi connectivity index (χ3v) is 6.31. The van der Waals surface area contributed by atoms with Gasteiger partial charge in [0.15, 0.2) is 0 Å². The van der Waals surface area contributed by atoms with Crippen LogP contribution in [-0.4, -0.2) is 63.4 Å². The van der Waals surface area contributed by atoms with Crippen LogP contribution in [0.3, 0.4) is 0 Å². The van der Waals surface area contributed by atoms with Gasteiger partial charge in [0.2, 0.25) is 5.91 Å². The summed E-state index contributed by atoms with van der Waals surface area (Å²) in [7, 11) is 0. The highest BCUT2D eigenvalue weighted by Gasteiger charge is 2.34. The maximum Gasteiger partial charge on any atom is 0.353 e. The molecule has 1 amide bonds. The summed E-state index contributed by atoms with van der Waals surface area (Å²) in [5.41, 5.74) is 5.92. The Morgan fingerprint density at radius 1 is 1.18 bits per heavy atom. The van der Waals surface area contributed by atoms with Crippen molar-refractivity contribution >= 4 is 41.0 Å². The number of ether oxygens (including phenoxy) is 1. The number of amidine groups is 1. The number of rotatable bonds is 10. The van der Waals surface area contributed by atoms with Gasteiger partial charge in [0, 0.05) is 17.0 Å². The Bertz CT molecular complexity index is 1100. The lowest BCUT2D eigenvalue weighted by atomic mass is 10.1. The van der Waals surface area contributed by atoms with Gasteiger partial charge in [-0.25, -0.2) is 9.59 Å². The fourth-order valence-electron chi connectivity index (χ4n) is 3.59. The van der Waals surface area contributed by atoms with E-state index in [4.69, 9.17) is 26.1 Å². The SMILES string of the molecule is N=C(N)c1ccc(OC(=O)c2ccc(CN3CCC[C@H]3C(=O)NC(CC(=O)O)C(=O)O)s2)cc1. The first kappa shape index (κ1) is 24.9. The normalized spacial score (nSPS) is 16.5. The summed E-state index contributed by atoms with van der Waals surface area (Å²) in [5.74, 6) is -3.57. The van der Waals surface area contributed by atoms with E-state index in [-0.39, 0.29) is 5.84 Å². The average molecular weight is 489 g/mol. The van der Waals surface area contributed by atoms with Crippen LogP contribution >= 0.6 is 11.3 Å². The van der Waals surface area contributed by atoms with Crippen molar-refractivity contribution < 1.29 is 34.1 Å². The molecule has 1 unspecified atom stereocenters. The summed E-state index contributed by atoms with van der Waals surface area (Å²) in [4.78, 5) is 50.3. The monoisotopic (exact) mass is 488 g/mol. The van der Waals surface area contributed by atoms with Crippen molar-refractivity contribution in [1.82, 2.24) is 10.2 Å². The summed E-state index contributed by atoms with van der Waals surface area (Å²) in [6, 6.07) is 7.55. The van der Waals surface area contributed by atoms with Crippen molar-refractivity contribution in [1.29, 1.82) is 5.41 Å². The molecule has 6 N–H and O–H groups in total. The molecule has 1 aromatic carbocycles. The van der Waals surface area contributed by atoms with Gasteiger partial charge in [0.05, 0.1) is 12.5 Å². The van der Waals surface area contributed by atoms with Gasteiger partial charge in [0.1, 0.15) is 22.5 Å². The Morgan fingerprint density at radius 3 is 2.50 bits per heavy atom. The lowest BCUT2D eigenvalue weighted by Gasteiger charge is -2.24. The molecule has 1 fully saturated rings. The number of nitrogens with one attached hydrogen (secondary N) is 2. The van der Waals surface area contributed by atoms with Crippen molar-refractivity contribution in [3.8, 4) is 5.75 Å². The second-order valence-electron chi connectivity index (χ2n) is 7.72. The van der Waals surface area contributed by atoms with Gasteiger partial charge < -0.3 is 26.0 Å². The van der Waals surface area contributed by atoms with Crippen LogP contribution in [0.2, 0.25) is 0 Å². The third-order valence-electron chi connectivity index (χ3n) is 5.26. The molecule has 1 aliphatic rings. The van der Waals surface area contributed by atoms with Crippen LogP contribution in [0.15, 0.2) is 36.4 Å². The molecule has 1 saturated heterocycles. The van der Waals surface area contributed by atoms with E-state index >= 15 is 0 Å². The summed E-state index contributed by atoms with van der Waals surface area (Å²) in [6.45, 7) is 0.981. The smallest absolute Gasteiger partial charge is 0.353 e. The number of esters is 1. The molecule has 3 rings (SSSR count). The number of nitrogens with two attached hydrogens (primary N) is 1. The van der Waals surface area contributed by atoms with E-state index in [0.29, 0.717) is 35.7 Å². The Labute approximate surface area is 198 Å². The molecule has 0 saturated carbocycles. The van der Waals surface area contributed by atoms with Gasteiger partial charge in [-0.15, -0.1) is 11.3 Å². The summed E-state index contributed by atoms with van der Waals surface area (Å²) in [6.07, 6.45) is 0.536. The summed E-state index contributed by atoms with van der Waals surface area (Å²) < 4.78 is 5.35. The predicted octanol–water partition coefficient (Wildman–Crippen LogP) is 1.26. The molecule has 2 atom stereocenters. The molecule has 0 spiro atoms. The van der Waals surface area contributed by atoms with Crippen molar-refractivity contribution in [2.45, 2.75) is 37.9 Å². The molecular formula is C22H24N4O7S. The zero-order valence-electron chi connectivity index (χ0n) is 18.0. The van der Waals surface area contributed by atoms with E-state index in [9.17, 15) is 19.2 Å². The Kier molecular flexibility index (Phi) is 7.97. The van der Waals surface area contributed by atoms with Crippen LogP contribution in [0.5, 0.6) is 5.75 Å². The Morgan fingerprint density at radius 2 is 1.88 bits per heavy atom. The van der Waals surface area contributed by atoms with Gasteiger partial charge >= 0.3 is 17.9 Å².